The molecule has 1 aliphatic rings. The number of hydrogen-bond donors (Lipinski definition) is 1. The Morgan fingerprint density at radius 3 is 2.82 bits per heavy atom. The first-order valence-electron chi connectivity index (χ1n) is 6.14. The zero-order valence-electron chi connectivity index (χ0n) is 10.2. The van der Waals surface area contributed by atoms with Crippen LogP contribution >= 0.6 is 11.6 Å². The molecule has 0 spiro atoms. The number of nitrogens with zero attached hydrogens (tertiary/aromatic N) is 1. The Hall–Kier alpha value is -0.830. The maximum atomic E-state index is 13.6. The van der Waals surface area contributed by atoms with Crippen molar-refractivity contribution in [1.29, 1.82) is 0 Å². The van der Waals surface area contributed by atoms with E-state index >= 15 is 0 Å². The smallest absolute Gasteiger partial charge is 0.166 e. The fourth-order valence-electron chi connectivity index (χ4n) is 2.58. The Kier molecular flexibility index (Phi) is 3.87. The molecule has 2 rings (SSSR count). The minimum absolute atomic E-state index is 0.314. The van der Waals surface area contributed by atoms with E-state index in [0.29, 0.717) is 22.8 Å². The molecule has 0 aliphatic heterocycles. The molecule has 0 saturated heterocycles. The summed E-state index contributed by atoms with van der Waals surface area (Å²) in [6, 6.07) is 1.61. The normalized spacial score (nSPS) is 29.1. The Morgan fingerprint density at radius 1 is 1.41 bits per heavy atom. The highest BCUT2D eigenvalue weighted by atomic mass is 35.5. The van der Waals surface area contributed by atoms with E-state index in [1.807, 2.05) is 0 Å². The molecule has 0 amide bonds. The standard InChI is InChI=1S/C13H18ClFN2/c1-8-3-4-12(9(2)5-8)17-13-11(15)6-10(14)7-16-13/h6-9,12H,3-5H2,1-2H3,(H,16,17). The Labute approximate surface area is 107 Å². The molecule has 1 saturated carbocycles. The first-order valence-corrected chi connectivity index (χ1v) is 6.51. The molecule has 1 heterocycles. The Morgan fingerprint density at radius 2 is 2.18 bits per heavy atom. The van der Waals surface area contributed by atoms with Gasteiger partial charge in [-0.15, -0.1) is 0 Å². The quantitative estimate of drug-likeness (QED) is 0.861. The van der Waals surface area contributed by atoms with Crippen LogP contribution in [0.1, 0.15) is 33.1 Å². The van der Waals surface area contributed by atoms with Crippen LogP contribution in [0.25, 0.3) is 0 Å². The molecule has 3 atom stereocenters. The third-order valence-electron chi connectivity index (χ3n) is 3.56. The summed E-state index contributed by atoms with van der Waals surface area (Å²) in [4.78, 5) is 4.01. The van der Waals surface area contributed by atoms with Crippen molar-refractivity contribution in [3.8, 4) is 0 Å². The topological polar surface area (TPSA) is 24.9 Å². The molecule has 0 aromatic carbocycles. The van der Waals surface area contributed by atoms with E-state index in [1.54, 1.807) is 0 Å². The second kappa shape index (κ2) is 5.21. The van der Waals surface area contributed by atoms with Crippen LogP contribution in [0.15, 0.2) is 12.3 Å². The SMILES string of the molecule is CC1CCC(Nc2ncc(Cl)cc2F)C(C)C1. The maximum Gasteiger partial charge on any atom is 0.166 e. The Balaban J connectivity index is 2.05. The van der Waals surface area contributed by atoms with Crippen molar-refractivity contribution >= 4 is 17.4 Å². The second-order valence-electron chi connectivity index (χ2n) is 5.13. The third kappa shape index (κ3) is 3.09. The lowest BCUT2D eigenvalue weighted by Gasteiger charge is -2.33. The van der Waals surface area contributed by atoms with E-state index in [0.717, 1.165) is 12.3 Å². The highest BCUT2D eigenvalue weighted by molar-refractivity contribution is 6.30. The summed E-state index contributed by atoms with van der Waals surface area (Å²) in [5.41, 5.74) is 0. The predicted octanol–water partition coefficient (Wildman–Crippen LogP) is 4.11. The van der Waals surface area contributed by atoms with Gasteiger partial charge in [0, 0.05) is 12.2 Å². The highest BCUT2D eigenvalue weighted by Gasteiger charge is 2.26. The van der Waals surface area contributed by atoms with Crippen LogP contribution < -0.4 is 5.32 Å². The first kappa shape index (κ1) is 12.6. The molecule has 1 aromatic heterocycles. The number of halogens is 2. The molecule has 1 aromatic rings. The van der Waals surface area contributed by atoms with Crippen LogP contribution in [0, 0.1) is 17.7 Å². The lowest BCUT2D eigenvalue weighted by molar-refractivity contribution is 0.275. The van der Waals surface area contributed by atoms with Gasteiger partial charge in [-0.2, -0.15) is 0 Å². The molecule has 2 nitrogen and oxygen atoms in total. The van der Waals surface area contributed by atoms with Crippen molar-refractivity contribution in [2.45, 2.75) is 39.2 Å². The minimum Gasteiger partial charge on any atom is -0.365 e. The molecule has 0 radical (unpaired) electrons. The molecule has 3 unspecified atom stereocenters. The van der Waals surface area contributed by atoms with Gasteiger partial charge in [-0.25, -0.2) is 9.37 Å². The zero-order chi connectivity index (χ0) is 12.4. The lowest BCUT2D eigenvalue weighted by Crippen LogP contribution is -2.33. The van der Waals surface area contributed by atoms with Gasteiger partial charge < -0.3 is 5.32 Å². The summed E-state index contributed by atoms with van der Waals surface area (Å²) in [6.07, 6.45) is 4.93. The molecule has 1 N–H and O–H groups in total. The van der Waals surface area contributed by atoms with Crippen LogP contribution in [0.2, 0.25) is 5.02 Å². The van der Waals surface area contributed by atoms with Gasteiger partial charge in [0.1, 0.15) is 0 Å². The highest BCUT2D eigenvalue weighted by Crippen LogP contribution is 2.31. The first-order chi connectivity index (χ1) is 8.06. The zero-order valence-corrected chi connectivity index (χ0v) is 11.0. The van der Waals surface area contributed by atoms with Gasteiger partial charge in [-0.3, -0.25) is 0 Å². The van der Waals surface area contributed by atoms with Crippen molar-refractivity contribution in [3.05, 3.63) is 23.1 Å². The largest absolute Gasteiger partial charge is 0.365 e. The van der Waals surface area contributed by atoms with Crippen molar-refractivity contribution in [3.63, 3.8) is 0 Å². The van der Waals surface area contributed by atoms with Crippen molar-refractivity contribution in [2.75, 3.05) is 5.32 Å². The lowest BCUT2D eigenvalue weighted by atomic mass is 9.80. The fraction of sp³-hybridized carbons (Fsp3) is 0.615. The van der Waals surface area contributed by atoms with E-state index in [1.165, 1.54) is 25.1 Å². The minimum atomic E-state index is -0.372. The van der Waals surface area contributed by atoms with Crippen molar-refractivity contribution < 1.29 is 4.39 Å². The summed E-state index contributed by atoms with van der Waals surface area (Å²) in [5.74, 6) is 1.27. The van der Waals surface area contributed by atoms with Crippen LogP contribution in [0.5, 0.6) is 0 Å². The molecular formula is C13H18ClFN2. The fourth-order valence-corrected chi connectivity index (χ4v) is 2.72. The number of pyridine rings is 1. The summed E-state index contributed by atoms with van der Waals surface area (Å²) in [6.45, 7) is 4.48. The molecule has 0 bridgehead atoms. The van der Waals surface area contributed by atoms with Gasteiger partial charge in [0.15, 0.2) is 11.6 Å². The summed E-state index contributed by atoms with van der Waals surface area (Å²) < 4.78 is 13.6. The van der Waals surface area contributed by atoms with E-state index in [2.05, 4.69) is 24.1 Å². The molecule has 94 valence electrons. The van der Waals surface area contributed by atoms with E-state index in [-0.39, 0.29) is 5.82 Å². The average Bonchev–Trinajstić information content (AvgIpc) is 2.25. The Bertz CT molecular complexity index is 397. The monoisotopic (exact) mass is 256 g/mol. The summed E-state index contributed by atoms with van der Waals surface area (Å²) >= 11 is 5.68. The maximum absolute atomic E-state index is 13.6. The molecule has 1 aliphatic carbocycles. The van der Waals surface area contributed by atoms with Gasteiger partial charge in [0.2, 0.25) is 0 Å². The summed E-state index contributed by atoms with van der Waals surface area (Å²) in [5, 5.41) is 3.53. The number of hydrogen-bond acceptors (Lipinski definition) is 2. The number of aromatic nitrogens is 1. The van der Waals surface area contributed by atoms with Gasteiger partial charge in [0.25, 0.3) is 0 Å². The van der Waals surface area contributed by atoms with Crippen molar-refractivity contribution in [2.24, 2.45) is 11.8 Å². The molecule has 1 fully saturated rings. The summed E-state index contributed by atoms with van der Waals surface area (Å²) in [7, 11) is 0. The van der Waals surface area contributed by atoms with Crippen LogP contribution in [0.3, 0.4) is 0 Å². The van der Waals surface area contributed by atoms with Crippen LogP contribution in [0.4, 0.5) is 10.2 Å². The van der Waals surface area contributed by atoms with Crippen molar-refractivity contribution in [1.82, 2.24) is 4.98 Å². The molecule has 4 heteroatoms. The third-order valence-corrected chi connectivity index (χ3v) is 3.77. The van der Waals surface area contributed by atoms with Crippen LogP contribution in [-0.2, 0) is 0 Å². The predicted molar refractivity (Wildman–Crippen MR) is 68.8 cm³/mol. The van der Waals surface area contributed by atoms with Crippen LogP contribution in [-0.4, -0.2) is 11.0 Å². The van der Waals surface area contributed by atoms with Gasteiger partial charge >= 0.3 is 0 Å². The molecule has 17 heavy (non-hydrogen) atoms. The van der Waals surface area contributed by atoms with Gasteiger partial charge in [-0.05, 0) is 37.2 Å². The van der Waals surface area contributed by atoms with Gasteiger partial charge in [0.05, 0.1) is 5.02 Å². The van der Waals surface area contributed by atoms with E-state index in [9.17, 15) is 4.39 Å². The second-order valence-corrected chi connectivity index (χ2v) is 5.57. The average molecular weight is 257 g/mol. The molecular weight excluding hydrogens is 239 g/mol. The van der Waals surface area contributed by atoms with Gasteiger partial charge in [-0.1, -0.05) is 25.4 Å². The van der Waals surface area contributed by atoms with E-state index < -0.39 is 0 Å². The van der Waals surface area contributed by atoms with E-state index in [4.69, 9.17) is 11.6 Å². The number of rotatable bonds is 2. The number of anilines is 1. The number of nitrogens with one attached hydrogen (secondary N) is 1.